The summed E-state index contributed by atoms with van der Waals surface area (Å²) in [7, 11) is 0. The summed E-state index contributed by atoms with van der Waals surface area (Å²) >= 11 is 0. The maximum Gasteiger partial charge on any atom is 0.146 e. The number of anilines is 1. The molecule has 2 atom stereocenters. The molecule has 3 nitrogen and oxygen atoms in total. The van der Waals surface area contributed by atoms with Gasteiger partial charge >= 0.3 is 0 Å². The summed E-state index contributed by atoms with van der Waals surface area (Å²) in [5.41, 5.74) is 2.54. The van der Waals surface area contributed by atoms with Crippen LogP contribution in [-0.4, -0.2) is 30.6 Å². The number of benzene rings is 1. The maximum atomic E-state index is 5.94. The van der Waals surface area contributed by atoms with E-state index in [-0.39, 0.29) is 0 Å². The van der Waals surface area contributed by atoms with E-state index >= 15 is 0 Å². The van der Waals surface area contributed by atoms with Crippen molar-refractivity contribution in [3.8, 4) is 5.75 Å². The van der Waals surface area contributed by atoms with Gasteiger partial charge in [0.1, 0.15) is 12.4 Å². The van der Waals surface area contributed by atoms with Crippen molar-refractivity contribution in [3.63, 3.8) is 0 Å². The molecular weight excluding hydrogens is 260 g/mol. The molecule has 2 heterocycles. The van der Waals surface area contributed by atoms with Gasteiger partial charge in [0.25, 0.3) is 0 Å². The zero-order valence-corrected chi connectivity index (χ0v) is 12.8. The van der Waals surface area contributed by atoms with E-state index in [1.165, 1.54) is 56.3 Å². The van der Waals surface area contributed by atoms with E-state index in [9.17, 15) is 0 Å². The average Bonchev–Trinajstić information content (AvgIpc) is 2.56. The van der Waals surface area contributed by atoms with E-state index in [2.05, 4.69) is 28.4 Å². The number of hydrogen-bond acceptors (Lipinski definition) is 3. The van der Waals surface area contributed by atoms with Crippen LogP contribution >= 0.6 is 0 Å². The molecule has 0 aromatic heterocycles. The molecule has 2 fully saturated rings. The Morgan fingerprint density at radius 1 is 1.14 bits per heavy atom. The van der Waals surface area contributed by atoms with Crippen molar-refractivity contribution in [1.82, 2.24) is 4.90 Å². The number of ether oxygens (including phenoxy) is 1. The summed E-state index contributed by atoms with van der Waals surface area (Å²) in [4.78, 5) is 2.74. The van der Waals surface area contributed by atoms with Crippen molar-refractivity contribution in [2.45, 2.75) is 51.1 Å². The Labute approximate surface area is 127 Å². The van der Waals surface area contributed by atoms with Gasteiger partial charge in [-0.15, -0.1) is 0 Å². The second-order valence-electron chi connectivity index (χ2n) is 6.79. The Kier molecular flexibility index (Phi) is 3.76. The standard InChI is InChI=1S/C18H26N2O/c1-2-9-17-14(5-1)7-4-11-20(17)13-15-6-3-8-16-18(15)21-12-10-19-16/h3,6,8,14,17,19H,1-2,4-5,7,9-13H2/t14-,17-/m1/s1. The molecule has 1 N–H and O–H groups in total. The quantitative estimate of drug-likeness (QED) is 0.898. The number of nitrogens with one attached hydrogen (secondary N) is 1. The second-order valence-corrected chi connectivity index (χ2v) is 6.79. The fourth-order valence-corrected chi connectivity index (χ4v) is 4.50. The first-order valence-corrected chi connectivity index (χ1v) is 8.64. The summed E-state index contributed by atoms with van der Waals surface area (Å²) in [5, 5.41) is 3.45. The van der Waals surface area contributed by atoms with Crippen LogP contribution in [0.2, 0.25) is 0 Å². The van der Waals surface area contributed by atoms with E-state index in [0.29, 0.717) is 0 Å². The number of likely N-dealkylation sites (tertiary alicyclic amines) is 1. The third-order valence-corrected chi connectivity index (χ3v) is 5.49. The van der Waals surface area contributed by atoms with E-state index < -0.39 is 0 Å². The molecule has 114 valence electrons. The van der Waals surface area contributed by atoms with Gasteiger partial charge in [-0.2, -0.15) is 0 Å². The van der Waals surface area contributed by atoms with Crippen LogP contribution in [0.3, 0.4) is 0 Å². The normalized spacial score (nSPS) is 29.0. The topological polar surface area (TPSA) is 24.5 Å². The summed E-state index contributed by atoms with van der Waals surface area (Å²) in [5.74, 6) is 2.05. The highest BCUT2D eigenvalue weighted by molar-refractivity contribution is 5.61. The van der Waals surface area contributed by atoms with Crippen LogP contribution in [0.1, 0.15) is 44.1 Å². The molecule has 1 saturated carbocycles. The summed E-state index contributed by atoms with van der Waals surface area (Å²) in [6.45, 7) is 4.03. The Balaban J connectivity index is 1.55. The zero-order valence-electron chi connectivity index (χ0n) is 12.8. The number of para-hydroxylation sites is 1. The molecule has 0 amide bonds. The Bertz CT molecular complexity index is 500. The van der Waals surface area contributed by atoms with Crippen LogP contribution in [0.15, 0.2) is 18.2 Å². The fourth-order valence-electron chi connectivity index (χ4n) is 4.50. The molecule has 2 aliphatic heterocycles. The van der Waals surface area contributed by atoms with Crippen molar-refractivity contribution in [2.24, 2.45) is 5.92 Å². The Hall–Kier alpha value is -1.22. The molecule has 1 saturated heterocycles. The van der Waals surface area contributed by atoms with Gasteiger partial charge < -0.3 is 10.1 Å². The maximum absolute atomic E-state index is 5.94. The van der Waals surface area contributed by atoms with Crippen molar-refractivity contribution in [3.05, 3.63) is 23.8 Å². The monoisotopic (exact) mass is 286 g/mol. The highest BCUT2D eigenvalue weighted by Gasteiger charge is 2.33. The summed E-state index contributed by atoms with van der Waals surface area (Å²) in [6.07, 6.45) is 8.54. The van der Waals surface area contributed by atoms with Crippen LogP contribution < -0.4 is 10.1 Å². The van der Waals surface area contributed by atoms with Crippen molar-refractivity contribution in [2.75, 3.05) is 25.0 Å². The highest BCUT2D eigenvalue weighted by atomic mass is 16.5. The largest absolute Gasteiger partial charge is 0.489 e. The van der Waals surface area contributed by atoms with Gasteiger partial charge in [-0.05, 0) is 44.2 Å². The minimum atomic E-state index is 0.788. The number of hydrogen-bond donors (Lipinski definition) is 1. The predicted octanol–water partition coefficient (Wildman–Crippen LogP) is 3.65. The summed E-state index contributed by atoms with van der Waals surface area (Å²) < 4.78 is 5.94. The van der Waals surface area contributed by atoms with Crippen LogP contribution in [0.25, 0.3) is 0 Å². The molecule has 0 radical (unpaired) electrons. The van der Waals surface area contributed by atoms with Gasteiger partial charge in [0.05, 0.1) is 5.69 Å². The first-order valence-electron chi connectivity index (χ1n) is 8.64. The SMILES string of the molecule is c1cc(CN2CCC[C@H]3CCCC[C@H]32)c2c(c1)NCCO2. The molecule has 3 heteroatoms. The van der Waals surface area contributed by atoms with Gasteiger partial charge in [-0.3, -0.25) is 4.90 Å². The lowest BCUT2D eigenvalue weighted by atomic mass is 9.78. The molecule has 0 unspecified atom stereocenters. The minimum absolute atomic E-state index is 0.788. The number of piperidine rings is 1. The molecule has 1 aliphatic carbocycles. The number of rotatable bonds is 2. The van der Waals surface area contributed by atoms with Crippen LogP contribution in [0, 0.1) is 5.92 Å². The lowest BCUT2D eigenvalue weighted by Crippen LogP contribution is -2.46. The molecule has 1 aromatic rings. The molecule has 0 spiro atoms. The molecule has 4 rings (SSSR count). The molecule has 1 aromatic carbocycles. The van der Waals surface area contributed by atoms with Gasteiger partial charge in [-0.1, -0.05) is 25.0 Å². The molecule has 3 aliphatic rings. The minimum Gasteiger partial charge on any atom is -0.489 e. The highest BCUT2D eigenvalue weighted by Crippen LogP contribution is 2.38. The predicted molar refractivity (Wildman–Crippen MR) is 85.8 cm³/mol. The first-order chi connectivity index (χ1) is 10.4. The van der Waals surface area contributed by atoms with Gasteiger partial charge in [0.2, 0.25) is 0 Å². The van der Waals surface area contributed by atoms with Gasteiger partial charge in [-0.25, -0.2) is 0 Å². The van der Waals surface area contributed by atoms with E-state index in [0.717, 1.165) is 37.4 Å². The van der Waals surface area contributed by atoms with Crippen LogP contribution in [0.5, 0.6) is 5.75 Å². The average molecular weight is 286 g/mol. The Morgan fingerprint density at radius 3 is 3.05 bits per heavy atom. The second kappa shape index (κ2) is 5.88. The van der Waals surface area contributed by atoms with Crippen LogP contribution in [0.4, 0.5) is 5.69 Å². The smallest absolute Gasteiger partial charge is 0.146 e. The van der Waals surface area contributed by atoms with Crippen molar-refractivity contribution < 1.29 is 4.74 Å². The fraction of sp³-hybridized carbons (Fsp3) is 0.667. The Morgan fingerprint density at radius 2 is 2.05 bits per heavy atom. The lowest BCUT2D eigenvalue weighted by Gasteiger charge is -2.44. The van der Waals surface area contributed by atoms with Crippen molar-refractivity contribution >= 4 is 5.69 Å². The third-order valence-electron chi connectivity index (χ3n) is 5.49. The van der Waals surface area contributed by atoms with E-state index in [1.807, 2.05) is 0 Å². The van der Waals surface area contributed by atoms with Crippen molar-refractivity contribution in [1.29, 1.82) is 0 Å². The number of fused-ring (bicyclic) bond motifs is 2. The van der Waals surface area contributed by atoms with Gasteiger partial charge in [0.15, 0.2) is 0 Å². The molecule has 0 bridgehead atoms. The summed E-state index contributed by atoms with van der Waals surface area (Å²) in [6, 6.07) is 7.37. The molecular formula is C18H26N2O. The van der Waals surface area contributed by atoms with E-state index in [4.69, 9.17) is 4.74 Å². The van der Waals surface area contributed by atoms with Crippen LogP contribution in [-0.2, 0) is 6.54 Å². The van der Waals surface area contributed by atoms with Gasteiger partial charge in [0, 0.05) is 24.7 Å². The molecule has 21 heavy (non-hydrogen) atoms. The number of nitrogens with zero attached hydrogens (tertiary/aromatic N) is 1. The van der Waals surface area contributed by atoms with E-state index in [1.54, 1.807) is 0 Å². The third kappa shape index (κ3) is 2.64. The zero-order chi connectivity index (χ0) is 14.1. The lowest BCUT2D eigenvalue weighted by molar-refractivity contribution is 0.0539. The first kappa shape index (κ1) is 13.4.